The molecule has 3 aromatic rings. The number of carbonyl (C=O) groups excluding carboxylic acids is 1. The molecule has 9 heteroatoms. The summed E-state index contributed by atoms with van der Waals surface area (Å²) in [6.45, 7) is 1.38. The van der Waals surface area contributed by atoms with Gasteiger partial charge in [0.1, 0.15) is 5.15 Å². The highest BCUT2D eigenvalue weighted by Crippen LogP contribution is 2.26. The summed E-state index contributed by atoms with van der Waals surface area (Å²) in [6, 6.07) is 8.55. The maximum atomic E-state index is 12.7. The van der Waals surface area contributed by atoms with E-state index in [0.29, 0.717) is 39.0 Å². The fourth-order valence-corrected chi connectivity index (χ4v) is 3.93. The third kappa shape index (κ3) is 4.13. The zero-order valence-corrected chi connectivity index (χ0v) is 16.4. The SMILES string of the molecule is O=C(Nc1cc(Cl)cc(Cl)c1)[C@H]1CCCN(c2nc3nc(Cl)ccc3[nH]2)C1. The molecule has 0 bridgehead atoms. The van der Waals surface area contributed by atoms with Gasteiger partial charge >= 0.3 is 0 Å². The van der Waals surface area contributed by atoms with E-state index in [1.807, 2.05) is 6.07 Å². The zero-order chi connectivity index (χ0) is 19.0. The lowest BCUT2D eigenvalue weighted by molar-refractivity contribution is -0.120. The number of fused-ring (bicyclic) bond motifs is 1. The smallest absolute Gasteiger partial charge is 0.229 e. The lowest BCUT2D eigenvalue weighted by Gasteiger charge is -2.31. The van der Waals surface area contributed by atoms with Gasteiger partial charge in [0, 0.05) is 28.8 Å². The van der Waals surface area contributed by atoms with Gasteiger partial charge in [-0.3, -0.25) is 4.79 Å². The van der Waals surface area contributed by atoms with Crippen molar-refractivity contribution in [3.8, 4) is 0 Å². The van der Waals surface area contributed by atoms with E-state index in [1.54, 1.807) is 24.3 Å². The second-order valence-electron chi connectivity index (χ2n) is 6.50. The predicted octanol–water partition coefficient (Wildman–Crippen LogP) is 4.77. The minimum atomic E-state index is -0.165. The van der Waals surface area contributed by atoms with Gasteiger partial charge in [0.25, 0.3) is 0 Å². The maximum Gasteiger partial charge on any atom is 0.229 e. The lowest BCUT2D eigenvalue weighted by Crippen LogP contribution is -2.41. The van der Waals surface area contributed by atoms with Crippen LogP contribution in [0.2, 0.25) is 15.2 Å². The Morgan fingerprint density at radius 2 is 1.93 bits per heavy atom. The second-order valence-corrected chi connectivity index (χ2v) is 7.76. The quantitative estimate of drug-likeness (QED) is 0.594. The van der Waals surface area contributed by atoms with Gasteiger partial charge in [-0.1, -0.05) is 34.8 Å². The molecule has 140 valence electrons. The molecule has 2 aromatic heterocycles. The highest BCUT2D eigenvalue weighted by atomic mass is 35.5. The number of H-pyrrole nitrogens is 1. The van der Waals surface area contributed by atoms with Gasteiger partial charge < -0.3 is 15.2 Å². The topological polar surface area (TPSA) is 73.9 Å². The number of anilines is 2. The number of aromatic nitrogens is 3. The second kappa shape index (κ2) is 7.54. The van der Waals surface area contributed by atoms with Gasteiger partial charge in [0.05, 0.1) is 11.4 Å². The molecule has 0 aliphatic carbocycles. The average Bonchev–Trinajstić information content (AvgIpc) is 3.04. The van der Waals surface area contributed by atoms with E-state index in [0.717, 1.165) is 24.9 Å². The lowest BCUT2D eigenvalue weighted by atomic mass is 9.97. The molecule has 1 atom stereocenters. The molecule has 27 heavy (non-hydrogen) atoms. The van der Waals surface area contributed by atoms with Crippen molar-refractivity contribution in [2.24, 2.45) is 5.92 Å². The van der Waals surface area contributed by atoms with Crippen LogP contribution in [0, 0.1) is 5.92 Å². The molecule has 1 saturated heterocycles. The van der Waals surface area contributed by atoms with Crippen molar-refractivity contribution >= 4 is 63.5 Å². The highest BCUT2D eigenvalue weighted by molar-refractivity contribution is 6.35. The molecular weight excluding hydrogens is 409 g/mol. The molecule has 0 spiro atoms. The minimum Gasteiger partial charge on any atom is -0.342 e. The van der Waals surface area contributed by atoms with Crippen molar-refractivity contribution in [2.45, 2.75) is 12.8 Å². The Bertz CT molecular complexity index is 986. The number of pyridine rings is 1. The molecule has 1 amide bonds. The summed E-state index contributed by atoms with van der Waals surface area (Å²) in [7, 11) is 0. The van der Waals surface area contributed by atoms with Gasteiger partial charge in [0.15, 0.2) is 5.65 Å². The Balaban J connectivity index is 1.48. The summed E-state index contributed by atoms with van der Waals surface area (Å²) in [4.78, 5) is 26.7. The van der Waals surface area contributed by atoms with Crippen molar-refractivity contribution in [1.82, 2.24) is 15.0 Å². The zero-order valence-electron chi connectivity index (χ0n) is 14.2. The molecule has 0 radical (unpaired) electrons. The van der Waals surface area contributed by atoms with Crippen molar-refractivity contribution in [1.29, 1.82) is 0 Å². The number of nitrogens with zero attached hydrogens (tertiary/aromatic N) is 3. The number of imidazole rings is 1. The molecule has 1 aromatic carbocycles. The van der Waals surface area contributed by atoms with Gasteiger partial charge in [-0.05, 0) is 43.2 Å². The molecule has 1 aliphatic rings. The minimum absolute atomic E-state index is 0.0599. The maximum absolute atomic E-state index is 12.7. The third-order valence-corrected chi connectivity index (χ3v) is 5.17. The van der Waals surface area contributed by atoms with Crippen molar-refractivity contribution in [3.05, 3.63) is 45.5 Å². The Kier molecular flexibility index (Phi) is 5.12. The summed E-state index contributed by atoms with van der Waals surface area (Å²) >= 11 is 17.9. The fraction of sp³-hybridized carbons (Fsp3) is 0.278. The van der Waals surface area contributed by atoms with E-state index in [1.165, 1.54) is 0 Å². The fourth-order valence-electron chi connectivity index (χ4n) is 3.26. The predicted molar refractivity (Wildman–Crippen MR) is 109 cm³/mol. The normalized spacial score (nSPS) is 17.3. The number of amides is 1. The van der Waals surface area contributed by atoms with Crippen molar-refractivity contribution < 1.29 is 4.79 Å². The van der Waals surface area contributed by atoms with Crippen LogP contribution in [0.5, 0.6) is 0 Å². The summed E-state index contributed by atoms with van der Waals surface area (Å²) in [5.41, 5.74) is 1.98. The van der Waals surface area contributed by atoms with Crippen LogP contribution in [0.15, 0.2) is 30.3 Å². The van der Waals surface area contributed by atoms with Crippen molar-refractivity contribution in [2.75, 3.05) is 23.3 Å². The third-order valence-electron chi connectivity index (χ3n) is 4.52. The Labute approximate surface area is 170 Å². The number of rotatable bonds is 3. The number of carbonyl (C=O) groups is 1. The number of hydrogen-bond donors (Lipinski definition) is 2. The first-order valence-corrected chi connectivity index (χ1v) is 9.65. The Morgan fingerprint density at radius 1 is 1.15 bits per heavy atom. The first-order valence-electron chi connectivity index (χ1n) is 8.52. The summed E-state index contributed by atoms with van der Waals surface area (Å²) in [5, 5.41) is 4.27. The number of aromatic amines is 1. The van der Waals surface area contributed by atoms with Crippen LogP contribution < -0.4 is 10.2 Å². The highest BCUT2D eigenvalue weighted by Gasteiger charge is 2.27. The Morgan fingerprint density at radius 3 is 2.70 bits per heavy atom. The molecule has 0 saturated carbocycles. The van der Waals surface area contributed by atoms with Crippen LogP contribution in [0.1, 0.15) is 12.8 Å². The van der Waals surface area contributed by atoms with E-state index in [-0.39, 0.29) is 11.8 Å². The molecule has 0 unspecified atom stereocenters. The van der Waals surface area contributed by atoms with Crippen LogP contribution >= 0.6 is 34.8 Å². The molecular formula is C18H16Cl3N5O. The Hall–Kier alpha value is -2.02. The van der Waals surface area contributed by atoms with Gasteiger partial charge in [-0.25, -0.2) is 4.98 Å². The number of hydrogen-bond acceptors (Lipinski definition) is 4. The largest absolute Gasteiger partial charge is 0.342 e. The molecule has 6 nitrogen and oxygen atoms in total. The van der Waals surface area contributed by atoms with E-state index in [4.69, 9.17) is 34.8 Å². The van der Waals surface area contributed by atoms with Crippen molar-refractivity contribution in [3.63, 3.8) is 0 Å². The number of benzene rings is 1. The van der Waals surface area contributed by atoms with Crippen LogP contribution in [0.4, 0.5) is 11.6 Å². The van der Waals surface area contributed by atoms with E-state index >= 15 is 0 Å². The molecule has 3 heterocycles. The number of halogens is 3. The monoisotopic (exact) mass is 423 g/mol. The van der Waals surface area contributed by atoms with E-state index in [9.17, 15) is 4.79 Å². The molecule has 1 fully saturated rings. The van der Waals surface area contributed by atoms with Gasteiger partial charge in [-0.2, -0.15) is 4.98 Å². The van der Waals surface area contributed by atoms with Gasteiger partial charge in [0.2, 0.25) is 11.9 Å². The average molecular weight is 425 g/mol. The first kappa shape index (κ1) is 18.3. The van der Waals surface area contributed by atoms with E-state index < -0.39 is 0 Å². The van der Waals surface area contributed by atoms with Crippen LogP contribution in [-0.2, 0) is 4.79 Å². The molecule has 2 N–H and O–H groups in total. The van der Waals surface area contributed by atoms with Gasteiger partial charge in [-0.15, -0.1) is 0 Å². The van der Waals surface area contributed by atoms with Crippen LogP contribution in [0.25, 0.3) is 11.2 Å². The molecule has 1 aliphatic heterocycles. The first-order chi connectivity index (χ1) is 13.0. The summed E-state index contributed by atoms with van der Waals surface area (Å²) in [6.07, 6.45) is 1.69. The molecule has 4 rings (SSSR count). The number of piperidine rings is 1. The number of nitrogens with one attached hydrogen (secondary N) is 2. The standard InChI is InChI=1S/C18H16Cl3N5O/c19-11-6-12(20)8-13(7-11)22-17(27)10-2-1-5-26(9-10)18-23-14-3-4-15(21)24-16(14)25-18/h3-4,6-8,10H,1-2,5,9H2,(H,22,27)(H,23,24,25)/t10-/m0/s1. The summed E-state index contributed by atoms with van der Waals surface area (Å²) < 4.78 is 0. The summed E-state index contributed by atoms with van der Waals surface area (Å²) in [5.74, 6) is 0.472. The van der Waals surface area contributed by atoms with Crippen LogP contribution in [-0.4, -0.2) is 33.9 Å². The van der Waals surface area contributed by atoms with E-state index in [2.05, 4.69) is 25.2 Å². The van der Waals surface area contributed by atoms with Crippen LogP contribution in [0.3, 0.4) is 0 Å².